The third-order valence-corrected chi connectivity index (χ3v) is 3.56. The fraction of sp³-hybridized carbons (Fsp3) is 0.267. The maximum atomic E-state index is 5.97. The Kier molecular flexibility index (Phi) is 4.86. The van der Waals surface area contributed by atoms with Gasteiger partial charge in [0.25, 0.3) is 0 Å². The molecule has 0 radical (unpaired) electrons. The van der Waals surface area contributed by atoms with Crippen LogP contribution in [-0.4, -0.2) is 4.98 Å². The Bertz CT molecular complexity index is 615. The number of hydrogen-bond donors (Lipinski definition) is 1. The van der Waals surface area contributed by atoms with Gasteiger partial charge in [0, 0.05) is 24.4 Å². The lowest BCUT2D eigenvalue weighted by Gasteiger charge is -2.11. The van der Waals surface area contributed by atoms with E-state index in [-0.39, 0.29) is 0 Å². The topological polar surface area (TPSA) is 48.1 Å². The van der Waals surface area contributed by atoms with Crippen molar-refractivity contribution in [3.63, 3.8) is 0 Å². The normalized spacial score (nSPS) is 10.9. The number of nitrogens with zero attached hydrogens (tertiary/aromatic N) is 1. The van der Waals surface area contributed by atoms with Crippen molar-refractivity contribution in [1.82, 2.24) is 4.98 Å². The molecule has 0 spiro atoms. The van der Waals surface area contributed by atoms with Crippen LogP contribution in [0.15, 0.2) is 30.3 Å². The molecule has 20 heavy (non-hydrogen) atoms. The second-order valence-corrected chi connectivity index (χ2v) is 5.59. The van der Waals surface area contributed by atoms with E-state index >= 15 is 0 Å². The zero-order valence-corrected chi connectivity index (χ0v) is 12.9. The molecule has 1 aromatic heterocycles. The third kappa shape index (κ3) is 3.63. The molecule has 0 unspecified atom stereocenters. The molecule has 5 heteroatoms. The van der Waals surface area contributed by atoms with Crippen molar-refractivity contribution in [2.45, 2.75) is 26.3 Å². The van der Waals surface area contributed by atoms with E-state index < -0.39 is 0 Å². The Morgan fingerprint density at radius 1 is 1.15 bits per heavy atom. The summed E-state index contributed by atoms with van der Waals surface area (Å²) in [4.78, 5) is 4.47. The van der Waals surface area contributed by atoms with Crippen molar-refractivity contribution < 1.29 is 4.74 Å². The molecule has 0 atom stereocenters. The molecule has 0 aliphatic rings. The largest absolute Gasteiger partial charge is 0.439 e. The first-order valence-corrected chi connectivity index (χ1v) is 7.09. The first-order valence-electron chi connectivity index (χ1n) is 6.33. The maximum Gasteiger partial charge on any atom is 0.219 e. The summed E-state index contributed by atoms with van der Waals surface area (Å²) in [5, 5.41) is 0.939. The van der Waals surface area contributed by atoms with E-state index in [4.69, 9.17) is 33.7 Å². The summed E-state index contributed by atoms with van der Waals surface area (Å²) >= 11 is 11.8. The van der Waals surface area contributed by atoms with Crippen LogP contribution in [0, 0.1) is 0 Å². The van der Waals surface area contributed by atoms with Crippen LogP contribution in [0.1, 0.15) is 31.0 Å². The van der Waals surface area contributed by atoms with Gasteiger partial charge in [-0.2, -0.15) is 0 Å². The van der Waals surface area contributed by atoms with Crippen LogP contribution < -0.4 is 10.5 Å². The monoisotopic (exact) mass is 310 g/mol. The van der Waals surface area contributed by atoms with E-state index in [2.05, 4.69) is 18.8 Å². The first-order chi connectivity index (χ1) is 9.49. The number of ether oxygens (including phenoxy) is 1. The number of nitrogens with two attached hydrogens (primary N) is 1. The molecular weight excluding hydrogens is 295 g/mol. The second-order valence-electron chi connectivity index (χ2n) is 4.78. The van der Waals surface area contributed by atoms with Gasteiger partial charge in [-0.15, -0.1) is 0 Å². The summed E-state index contributed by atoms with van der Waals surface area (Å²) < 4.78 is 5.74. The highest BCUT2D eigenvalue weighted by Crippen LogP contribution is 2.29. The Hall–Kier alpha value is -1.29. The summed E-state index contributed by atoms with van der Waals surface area (Å²) in [5.74, 6) is 1.41. The van der Waals surface area contributed by atoms with E-state index in [9.17, 15) is 0 Å². The number of benzene rings is 1. The number of pyridine rings is 1. The van der Waals surface area contributed by atoms with Crippen molar-refractivity contribution in [3.05, 3.63) is 51.6 Å². The van der Waals surface area contributed by atoms with Crippen molar-refractivity contribution in [2.24, 2.45) is 5.73 Å². The molecular formula is C15H16Cl2N2O. The lowest BCUT2D eigenvalue weighted by atomic mass is 10.1. The van der Waals surface area contributed by atoms with Gasteiger partial charge in [0.15, 0.2) is 0 Å². The Morgan fingerprint density at radius 2 is 1.90 bits per heavy atom. The molecule has 1 heterocycles. The molecule has 0 aliphatic heterocycles. The van der Waals surface area contributed by atoms with E-state index in [1.807, 2.05) is 12.1 Å². The third-order valence-electron chi connectivity index (χ3n) is 2.82. The minimum atomic E-state index is 0.303. The average Bonchev–Trinajstić information content (AvgIpc) is 2.42. The number of hydrogen-bond acceptors (Lipinski definition) is 3. The molecule has 0 amide bonds. The van der Waals surface area contributed by atoms with Gasteiger partial charge in [0.1, 0.15) is 5.75 Å². The van der Waals surface area contributed by atoms with Crippen LogP contribution in [0.2, 0.25) is 10.0 Å². The van der Waals surface area contributed by atoms with Crippen LogP contribution in [0.4, 0.5) is 0 Å². The molecule has 2 N–H and O–H groups in total. The summed E-state index contributed by atoms with van der Waals surface area (Å²) in [6, 6.07) is 8.92. The zero-order valence-electron chi connectivity index (χ0n) is 11.4. The van der Waals surface area contributed by atoms with Gasteiger partial charge in [0.2, 0.25) is 5.88 Å². The molecule has 2 rings (SSSR count). The molecule has 0 saturated carbocycles. The Balaban J connectivity index is 2.32. The summed E-state index contributed by atoms with van der Waals surface area (Å²) in [5.41, 5.74) is 7.64. The predicted octanol–water partition coefficient (Wildman–Crippen LogP) is 4.76. The van der Waals surface area contributed by atoms with E-state index in [0.717, 1.165) is 11.3 Å². The zero-order chi connectivity index (χ0) is 14.7. The minimum Gasteiger partial charge on any atom is -0.439 e. The number of halogens is 2. The predicted molar refractivity (Wildman–Crippen MR) is 82.8 cm³/mol. The summed E-state index contributed by atoms with van der Waals surface area (Å²) in [6.07, 6.45) is 0. The number of rotatable bonds is 4. The molecule has 2 aromatic rings. The molecule has 3 nitrogen and oxygen atoms in total. The average molecular weight is 311 g/mol. The van der Waals surface area contributed by atoms with Gasteiger partial charge in [-0.25, -0.2) is 4.98 Å². The summed E-state index contributed by atoms with van der Waals surface area (Å²) in [7, 11) is 0. The lowest BCUT2D eigenvalue weighted by Crippen LogP contribution is -2.02. The molecule has 1 aromatic carbocycles. The van der Waals surface area contributed by atoms with Gasteiger partial charge in [-0.05, 0) is 29.7 Å². The van der Waals surface area contributed by atoms with Crippen LogP contribution in [0.5, 0.6) is 11.6 Å². The van der Waals surface area contributed by atoms with Gasteiger partial charge < -0.3 is 10.5 Å². The standard InChI is InChI=1S/C15H16Cl2N2O/c1-9(2)14-5-10(8-18)6-15(19-14)20-11-3-4-12(16)13(17)7-11/h3-7,9H,8,18H2,1-2H3. The molecule has 0 fully saturated rings. The van der Waals surface area contributed by atoms with E-state index in [1.54, 1.807) is 18.2 Å². The molecule has 106 valence electrons. The Morgan fingerprint density at radius 3 is 2.50 bits per heavy atom. The maximum absolute atomic E-state index is 5.97. The van der Waals surface area contributed by atoms with Gasteiger partial charge in [-0.1, -0.05) is 37.0 Å². The fourth-order valence-electron chi connectivity index (χ4n) is 1.71. The fourth-order valence-corrected chi connectivity index (χ4v) is 2.00. The van der Waals surface area contributed by atoms with Crippen molar-refractivity contribution in [2.75, 3.05) is 0 Å². The summed E-state index contributed by atoms with van der Waals surface area (Å²) in [6.45, 7) is 4.59. The van der Waals surface area contributed by atoms with Crippen LogP contribution in [0.25, 0.3) is 0 Å². The minimum absolute atomic E-state index is 0.303. The smallest absolute Gasteiger partial charge is 0.219 e. The van der Waals surface area contributed by atoms with Crippen LogP contribution >= 0.6 is 23.2 Å². The SMILES string of the molecule is CC(C)c1cc(CN)cc(Oc2ccc(Cl)c(Cl)c2)n1. The van der Waals surface area contributed by atoms with Crippen molar-refractivity contribution in [3.8, 4) is 11.6 Å². The van der Waals surface area contributed by atoms with Gasteiger partial charge in [0.05, 0.1) is 10.0 Å². The Labute approximate surface area is 128 Å². The van der Waals surface area contributed by atoms with Gasteiger partial charge >= 0.3 is 0 Å². The van der Waals surface area contributed by atoms with Gasteiger partial charge in [-0.3, -0.25) is 0 Å². The second kappa shape index (κ2) is 6.44. The first kappa shape index (κ1) is 15.1. The van der Waals surface area contributed by atoms with Crippen LogP contribution in [-0.2, 0) is 6.54 Å². The highest BCUT2D eigenvalue weighted by Gasteiger charge is 2.08. The lowest BCUT2D eigenvalue weighted by molar-refractivity contribution is 0.458. The molecule has 0 saturated heterocycles. The molecule has 0 bridgehead atoms. The van der Waals surface area contributed by atoms with Crippen LogP contribution in [0.3, 0.4) is 0 Å². The van der Waals surface area contributed by atoms with E-state index in [1.165, 1.54) is 0 Å². The molecule has 0 aliphatic carbocycles. The van der Waals surface area contributed by atoms with Crippen molar-refractivity contribution in [1.29, 1.82) is 0 Å². The number of aromatic nitrogens is 1. The highest BCUT2D eigenvalue weighted by atomic mass is 35.5. The van der Waals surface area contributed by atoms with Crippen molar-refractivity contribution >= 4 is 23.2 Å². The van der Waals surface area contributed by atoms with E-state index in [0.29, 0.717) is 34.1 Å². The quantitative estimate of drug-likeness (QED) is 0.885. The highest BCUT2D eigenvalue weighted by molar-refractivity contribution is 6.42.